The molecule has 0 bridgehead atoms. The first-order chi connectivity index (χ1) is 9.63. The van der Waals surface area contributed by atoms with Crippen LogP contribution in [0.3, 0.4) is 0 Å². The van der Waals surface area contributed by atoms with Crippen LogP contribution in [0, 0.1) is 0 Å². The van der Waals surface area contributed by atoms with Gasteiger partial charge in [0.15, 0.2) is 0 Å². The molecule has 2 aliphatic rings. The number of nitrogens with one attached hydrogen (secondary N) is 1. The van der Waals surface area contributed by atoms with Gasteiger partial charge in [-0.2, -0.15) is 11.8 Å². The molecule has 1 aromatic carbocycles. The highest BCUT2D eigenvalue weighted by molar-refractivity contribution is 8.00. The van der Waals surface area contributed by atoms with Crippen molar-refractivity contribution in [2.45, 2.75) is 37.3 Å². The average molecular weight is 290 g/mol. The number of amides is 1. The summed E-state index contributed by atoms with van der Waals surface area (Å²) in [5.74, 6) is 0.192. The van der Waals surface area contributed by atoms with Crippen LogP contribution in [0.25, 0.3) is 0 Å². The van der Waals surface area contributed by atoms with Crippen molar-refractivity contribution < 1.29 is 4.79 Å². The molecule has 0 spiro atoms. The third-order valence-electron chi connectivity index (χ3n) is 4.05. The number of thioether (sulfide) groups is 1. The van der Waals surface area contributed by atoms with Crippen LogP contribution in [0.4, 0.5) is 0 Å². The summed E-state index contributed by atoms with van der Waals surface area (Å²) in [6.45, 7) is 8.07. The number of carbonyl (C=O) groups excluding carboxylic acids is 1. The van der Waals surface area contributed by atoms with Crippen LogP contribution in [-0.2, 0) is 13.0 Å². The zero-order chi connectivity index (χ0) is 14.1. The Morgan fingerprint density at radius 3 is 2.75 bits per heavy atom. The smallest absolute Gasteiger partial charge is 0.253 e. The molecule has 0 radical (unpaired) electrons. The van der Waals surface area contributed by atoms with Crippen molar-refractivity contribution in [3.05, 3.63) is 34.9 Å². The van der Waals surface area contributed by atoms with Crippen LogP contribution in [-0.4, -0.2) is 40.9 Å². The van der Waals surface area contributed by atoms with Gasteiger partial charge in [-0.1, -0.05) is 19.9 Å². The highest BCUT2D eigenvalue weighted by Crippen LogP contribution is 2.26. The number of fused-ring (bicyclic) bond motifs is 1. The van der Waals surface area contributed by atoms with E-state index in [0.29, 0.717) is 10.5 Å². The average Bonchev–Trinajstić information content (AvgIpc) is 2.45. The third-order valence-corrected chi connectivity index (χ3v) is 5.27. The summed E-state index contributed by atoms with van der Waals surface area (Å²) in [6.07, 6.45) is 1.07. The van der Waals surface area contributed by atoms with E-state index in [4.69, 9.17) is 0 Å². The molecule has 2 aliphatic heterocycles. The molecular formula is C16H22N2OS. The van der Waals surface area contributed by atoms with Gasteiger partial charge in [0, 0.05) is 35.7 Å². The Balaban J connectivity index is 1.79. The quantitative estimate of drug-likeness (QED) is 0.861. The largest absolute Gasteiger partial charge is 0.336 e. The number of carbonyl (C=O) groups is 1. The highest BCUT2D eigenvalue weighted by Gasteiger charge is 2.26. The lowest BCUT2D eigenvalue weighted by Gasteiger charge is -2.34. The van der Waals surface area contributed by atoms with Crippen molar-refractivity contribution in [2.24, 2.45) is 0 Å². The van der Waals surface area contributed by atoms with E-state index >= 15 is 0 Å². The number of hydrogen-bond acceptors (Lipinski definition) is 3. The molecule has 3 rings (SSSR count). The standard InChI is InChI=1S/C16H22N2OS/c1-11-9-18(10-12(2)20-11)16(19)14-4-3-13-5-6-17-8-15(13)7-14/h3-4,7,11-12,17H,5-6,8-10H2,1-2H3. The van der Waals surface area contributed by atoms with E-state index in [1.807, 2.05) is 22.7 Å². The molecule has 108 valence electrons. The molecule has 2 unspecified atom stereocenters. The molecular weight excluding hydrogens is 268 g/mol. The van der Waals surface area contributed by atoms with Gasteiger partial charge in [-0.3, -0.25) is 4.79 Å². The van der Waals surface area contributed by atoms with E-state index in [-0.39, 0.29) is 5.91 Å². The summed E-state index contributed by atoms with van der Waals surface area (Å²) in [7, 11) is 0. The number of benzene rings is 1. The number of rotatable bonds is 1. The lowest BCUT2D eigenvalue weighted by atomic mass is 9.98. The Kier molecular flexibility index (Phi) is 4.03. The Morgan fingerprint density at radius 2 is 2.00 bits per heavy atom. The summed E-state index contributed by atoms with van der Waals surface area (Å²) in [6, 6.07) is 6.22. The van der Waals surface area contributed by atoms with Crippen LogP contribution in [0.2, 0.25) is 0 Å². The molecule has 2 heterocycles. The molecule has 0 aromatic heterocycles. The molecule has 1 amide bonds. The lowest BCUT2D eigenvalue weighted by Crippen LogP contribution is -2.44. The second-order valence-electron chi connectivity index (χ2n) is 5.88. The predicted octanol–water partition coefficient (Wildman–Crippen LogP) is 2.30. The normalized spacial score (nSPS) is 26.2. The Morgan fingerprint density at radius 1 is 1.25 bits per heavy atom. The molecule has 1 fully saturated rings. The van der Waals surface area contributed by atoms with E-state index in [0.717, 1.165) is 38.2 Å². The zero-order valence-electron chi connectivity index (χ0n) is 12.2. The van der Waals surface area contributed by atoms with Gasteiger partial charge in [-0.15, -0.1) is 0 Å². The van der Waals surface area contributed by atoms with Crippen LogP contribution in [0.15, 0.2) is 18.2 Å². The van der Waals surface area contributed by atoms with Crippen molar-refractivity contribution in [3.63, 3.8) is 0 Å². The van der Waals surface area contributed by atoms with Crippen LogP contribution in [0.1, 0.15) is 35.3 Å². The van der Waals surface area contributed by atoms with E-state index in [2.05, 4.69) is 31.3 Å². The first-order valence-electron chi connectivity index (χ1n) is 7.41. The number of nitrogens with zero attached hydrogens (tertiary/aromatic N) is 1. The molecule has 1 N–H and O–H groups in total. The van der Waals surface area contributed by atoms with Gasteiger partial charge in [0.1, 0.15) is 0 Å². The minimum absolute atomic E-state index is 0.192. The third kappa shape index (κ3) is 2.86. The van der Waals surface area contributed by atoms with Gasteiger partial charge in [0.05, 0.1) is 0 Å². The molecule has 1 aromatic rings. The summed E-state index contributed by atoms with van der Waals surface area (Å²) in [5, 5.41) is 4.43. The van der Waals surface area contributed by atoms with Crippen LogP contribution < -0.4 is 5.32 Å². The first-order valence-corrected chi connectivity index (χ1v) is 8.35. The van der Waals surface area contributed by atoms with Crippen LogP contribution >= 0.6 is 11.8 Å². The molecule has 1 saturated heterocycles. The fourth-order valence-electron chi connectivity index (χ4n) is 3.14. The number of hydrogen-bond donors (Lipinski definition) is 1. The molecule has 20 heavy (non-hydrogen) atoms. The second kappa shape index (κ2) is 5.78. The van der Waals surface area contributed by atoms with Crippen molar-refractivity contribution in [1.29, 1.82) is 0 Å². The second-order valence-corrected chi connectivity index (χ2v) is 7.76. The topological polar surface area (TPSA) is 32.3 Å². The summed E-state index contributed by atoms with van der Waals surface area (Å²) >= 11 is 1.98. The maximum absolute atomic E-state index is 12.7. The highest BCUT2D eigenvalue weighted by atomic mass is 32.2. The minimum Gasteiger partial charge on any atom is -0.336 e. The summed E-state index contributed by atoms with van der Waals surface area (Å²) < 4.78 is 0. The van der Waals surface area contributed by atoms with Crippen molar-refractivity contribution in [1.82, 2.24) is 10.2 Å². The van der Waals surface area contributed by atoms with Gasteiger partial charge in [-0.25, -0.2) is 0 Å². The molecule has 0 aliphatic carbocycles. The Bertz CT molecular complexity index is 507. The van der Waals surface area contributed by atoms with E-state index in [1.54, 1.807) is 0 Å². The Hall–Kier alpha value is -1.00. The lowest BCUT2D eigenvalue weighted by molar-refractivity contribution is 0.0753. The SMILES string of the molecule is CC1CN(C(=O)c2ccc3c(c2)CNCC3)CC(C)S1. The fraction of sp³-hybridized carbons (Fsp3) is 0.562. The summed E-state index contributed by atoms with van der Waals surface area (Å²) in [5.41, 5.74) is 3.52. The first kappa shape index (κ1) is 14.0. The van der Waals surface area contributed by atoms with Gasteiger partial charge >= 0.3 is 0 Å². The zero-order valence-corrected chi connectivity index (χ0v) is 13.0. The predicted molar refractivity (Wildman–Crippen MR) is 84.3 cm³/mol. The monoisotopic (exact) mass is 290 g/mol. The van der Waals surface area contributed by atoms with E-state index < -0.39 is 0 Å². The molecule has 2 atom stereocenters. The van der Waals surface area contributed by atoms with Crippen molar-refractivity contribution >= 4 is 17.7 Å². The fourth-order valence-corrected chi connectivity index (χ4v) is 4.46. The van der Waals surface area contributed by atoms with Gasteiger partial charge < -0.3 is 10.2 Å². The minimum atomic E-state index is 0.192. The maximum Gasteiger partial charge on any atom is 0.253 e. The van der Waals surface area contributed by atoms with Crippen LogP contribution in [0.5, 0.6) is 0 Å². The maximum atomic E-state index is 12.7. The Labute approximate surface area is 125 Å². The van der Waals surface area contributed by atoms with Gasteiger partial charge in [0.2, 0.25) is 0 Å². The summed E-state index contributed by atoms with van der Waals surface area (Å²) in [4.78, 5) is 14.7. The molecule has 0 saturated carbocycles. The van der Waals surface area contributed by atoms with Gasteiger partial charge in [0.25, 0.3) is 5.91 Å². The van der Waals surface area contributed by atoms with E-state index in [1.165, 1.54) is 11.1 Å². The molecule has 4 heteroatoms. The van der Waals surface area contributed by atoms with Gasteiger partial charge in [-0.05, 0) is 36.2 Å². The van der Waals surface area contributed by atoms with E-state index in [9.17, 15) is 4.79 Å². The molecule has 3 nitrogen and oxygen atoms in total. The van der Waals surface area contributed by atoms with Crippen molar-refractivity contribution in [3.8, 4) is 0 Å². The van der Waals surface area contributed by atoms with Crippen molar-refractivity contribution in [2.75, 3.05) is 19.6 Å².